The molecular weight excluding hydrogens is 402 g/mol. The number of nitrogens with zero attached hydrogens (tertiary/aromatic N) is 5. The highest BCUT2D eigenvalue weighted by Crippen LogP contribution is 2.37. The van der Waals surface area contributed by atoms with Gasteiger partial charge < -0.3 is 14.1 Å². The van der Waals surface area contributed by atoms with E-state index in [1.54, 1.807) is 7.11 Å². The Hall–Kier alpha value is -4.26. The maximum absolute atomic E-state index is 5.96. The van der Waals surface area contributed by atoms with Gasteiger partial charge in [0.05, 0.1) is 12.6 Å². The topological polar surface area (TPSA) is 77.2 Å². The SMILES string of the molecule is COc1ccc(-c2nnc(-c3nc(N4CCc5ccccc54)c4ccccc4n3)o2)cc1. The molecule has 3 aromatic carbocycles. The number of ether oxygens (including phenoxy) is 1. The van der Waals surface area contributed by atoms with E-state index in [9.17, 15) is 0 Å². The Bertz CT molecular complexity index is 1430. The van der Waals surface area contributed by atoms with Gasteiger partial charge in [-0.1, -0.05) is 30.3 Å². The number of rotatable bonds is 4. The summed E-state index contributed by atoms with van der Waals surface area (Å²) in [5.41, 5.74) is 4.13. The van der Waals surface area contributed by atoms with Crippen molar-refractivity contribution >= 4 is 22.4 Å². The van der Waals surface area contributed by atoms with E-state index in [1.807, 2.05) is 48.5 Å². The lowest BCUT2D eigenvalue weighted by molar-refractivity contribution is 0.415. The Balaban J connectivity index is 1.45. The third kappa shape index (κ3) is 3.06. The molecule has 0 saturated carbocycles. The van der Waals surface area contributed by atoms with Gasteiger partial charge >= 0.3 is 0 Å². The highest BCUT2D eigenvalue weighted by Gasteiger charge is 2.25. The molecule has 2 aromatic heterocycles. The van der Waals surface area contributed by atoms with Crippen molar-refractivity contribution in [1.82, 2.24) is 20.2 Å². The molecule has 0 N–H and O–H groups in total. The van der Waals surface area contributed by atoms with Crippen LogP contribution < -0.4 is 9.64 Å². The lowest BCUT2D eigenvalue weighted by Crippen LogP contribution is -2.16. The number of anilines is 2. The van der Waals surface area contributed by atoms with Crippen LogP contribution in [0.25, 0.3) is 34.1 Å². The molecule has 0 unspecified atom stereocenters. The van der Waals surface area contributed by atoms with Crippen molar-refractivity contribution in [2.75, 3.05) is 18.6 Å². The summed E-state index contributed by atoms with van der Waals surface area (Å²) in [6.45, 7) is 0.862. The van der Waals surface area contributed by atoms with E-state index in [-0.39, 0.29) is 5.89 Å². The summed E-state index contributed by atoms with van der Waals surface area (Å²) in [7, 11) is 1.63. The van der Waals surface area contributed by atoms with E-state index in [0.717, 1.165) is 41.0 Å². The summed E-state index contributed by atoms with van der Waals surface area (Å²) in [6, 6.07) is 23.9. The molecular formula is C25H19N5O2. The molecule has 0 atom stereocenters. The van der Waals surface area contributed by atoms with Crippen LogP contribution in [0.5, 0.6) is 5.75 Å². The third-order valence-corrected chi connectivity index (χ3v) is 5.68. The van der Waals surface area contributed by atoms with Crippen molar-refractivity contribution in [3.05, 3.63) is 78.4 Å². The van der Waals surface area contributed by atoms with Gasteiger partial charge in [-0.15, -0.1) is 10.2 Å². The molecule has 1 aliphatic heterocycles. The Morgan fingerprint density at radius 3 is 2.50 bits per heavy atom. The predicted octanol–water partition coefficient (Wildman–Crippen LogP) is 5.05. The fourth-order valence-corrected chi connectivity index (χ4v) is 4.08. The smallest absolute Gasteiger partial charge is 0.286 e. The first-order chi connectivity index (χ1) is 15.8. The second-order valence-electron chi connectivity index (χ2n) is 7.56. The van der Waals surface area contributed by atoms with Gasteiger partial charge in [0.25, 0.3) is 5.89 Å². The number of para-hydroxylation sites is 2. The molecule has 0 aliphatic carbocycles. The van der Waals surface area contributed by atoms with Crippen LogP contribution in [0.1, 0.15) is 5.56 Å². The molecule has 7 nitrogen and oxygen atoms in total. The zero-order valence-electron chi connectivity index (χ0n) is 17.4. The van der Waals surface area contributed by atoms with E-state index in [1.165, 1.54) is 11.3 Å². The average molecular weight is 421 g/mol. The number of hydrogen-bond donors (Lipinski definition) is 0. The maximum atomic E-state index is 5.96. The largest absolute Gasteiger partial charge is 0.497 e. The zero-order valence-corrected chi connectivity index (χ0v) is 17.4. The van der Waals surface area contributed by atoms with Crippen molar-refractivity contribution in [1.29, 1.82) is 0 Å². The van der Waals surface area contributed by atoms with Crippen LogP contribution in [-0.4, -0.2) is 33.8 Å². The quantitative estimate of drug-likeness (QED) is 0.402. The van der Waals surface area contributed by atoms with Crippen LogP contribution in [-0.2, 0) is 6.42 Å². The average Bonchev–Trinajstić information content (AvgIpc) is 3.51. The Morgan fingerprint density at radius 2 is 1.62 bits per heavy atom. The fraction of sp³-hybridized carbons (Fsp3) is 0.120. The van der Waals surface area contributed by atoms with Gasteiger partial charge in [-0.05, 0) is 54.4 Å². The van der Waals surface area contributed by atoms with E-state index in [0.29, 0.717) is 11.7 Å². The number of hydrogen-bond acceptors (Lipinski definition) is 7. The molecule has 5 aromatic rings. The molecule has 7 heteroatoms. The van der Waals surface area contributed by atoms with Gasteiger partial charge in [0.1, 0.15) is 11.6 Å². The zero-order chi connectivity index (χ0) is 21.5. The maximum Gasteiger partial charge on any atom is 0.286 e. The van der Waals surface area contributed by atoms with Gasteiger partial charge in [-0.3, -0.25) is 0 Å². The standard InChI is InChI=1S/C25H19N5O2/c1-31-18-12-10-17(11-13-18)24-28-29-25(32-24)22-26-20-8-4-3-7-19(20)23(27-22)30-15-14-16-6-2-5-9-21(16)30/h2-13H,14-15H2,1H3. The molecule has 0 fully saturated rings. The highest BCUT2D eigenvalue weighted by molar-refractivity contribution is 5.93. The molecule has 6 rings (SSSR count). The van der Waals surface area contributed by atoms with Crippen molar-refractivity contribution in [3.63, 3.8) is 0 Å². The second kappa shape index (κ2) is 7.46. The summed E-state index contributed by atoms with van der Waals surface area (Å²) in [6.07, 6.45) is 0.978. The van der Waals surface area contributed by atoms with Crippen molar-refractivity contribution < 1.29 is 9.15 Å². The van der Waals surface area contributed by atoms with Crippen molar-refractivity contribution in [2.24, 2.45) is 0 Å². The normalized spacial score (nSPS) is 12.8. The summed E-state index contributed by atoms with van der Waals surface area (Å²) in [4.78, 5) is 11.8. The second-order valence-corrected chi connectivity index (χ2v) is 7.56. The third-order valence-electron chi connectivity index (χ3n) is 5.68. The minimum Gasteiger partial charge on any atom is -0.497 e. The number of aromatic nitrogens is 4. The highest BCUT2D eigenvalue weighted by atomic mass is 16.5. The van der Waals surface area contributed by atoms with Crippen LogP contribution in [0.3, 0.4) is 0 Å². The molecule has 0 amide bonds. The molecule has 0 radical (unpaired) electrons. The summed E-state index contributed by atoms with van der Waals surface area (Å²) >= 11 is 0. The summed E-state index contributed by atoms with van der Waals surface area (Å²) < 4.78 is 11.2. The molecule has 156 valence electrons. The first kappa shape index (κ1) is 18.5. The van der Waals surface area contributed by atoms with Gasteiger partial charge in [-0.25, -0.2) is 9.97 Å². The monoisotopic (exact) mass is 421 g/mol. The van der Waals surface area contributed by atoms with E-state index in [4.69, 9.17) is 19.1 Å². The van der Waals surface area contributed by atoms with Crippen LogP contribution in [0.4, 0.5) is 11.5 Å². The summed E-state index contributed by atoms with van der Waals surface area (Å²) in [5.74, 6) is 2.72. The number of benzene rings is 3. The van der Waals surface area contributed by atoms with Crippen LogP contribution >= 0.6 is 0 Å². The van der Waals surface area contributed by atoms with Crippen molar-refractivity contribution in [3.8, 4) is 28.9 Å². The van der Waals surface area contributed by atoms with Crippen LogP contribution in [0, 0.1) is 0 Å². The first-order valence-corrected chi connectivity index (χ1v) is 10.4. The molecule has 0 saturated heterocycles. The van der Waals surface area contributed by atoms with Gasteiger partial charge in [0.15, 0.2) is 0 Å². The van der Waals surface area contributed by atoms with E-state index < -0.39 is 0 Å². The van der Waals surface area contributed by atoms with Crippen LogP contribution in [0.2, 0.25) is 0 Å². The number of methoxy groups -OCH3 is 1. The van der Waals surface area contributed by atoms with Crippen LogP contribution in [0.15, 0.2) is 77.2 Å². The molecule has 1 aliphatic rings. The van der Waals surface area contributed by atoms with Gasteiger partial charge in [0, 0.05) is 23.2 Å². The first-order valence-electron chi connectivity index (χ1n) is 10.4. The van der Waals surface area contributed by atoms with Crippen molar-refractivity contribution in [2.45, 2.75) is 6.42 Å². The molecule has 32 heavy (non-hydrogen) atoms. The molecule has 3 heterocycles. The Morgan fingerprint density at radius 1 is 0.844 bits per heavy atom. The molecule has 0 bridgehead atoms. The van der Waals surface area contributed by atoms with Gasteiger partial charge in [0.2, 0.25) is 11.7 Å². The minimum atomic E-state index is 0.287. The Kier molecular flexibility index (Phi) is 4.31. The predicted molar refractivity (Wildman–Crippen MR) is 122 cm³/mol. The van der Waals surface area contributed by atoms with Gasteiger partial charge in [-0.2, -0.15) is 0 Å². The molecule has 0 spiro atoms. The van der Waals surface area contributed by atoms with E-state index >= 15 is 0 Å². The lowest BCUT2D eigenvalue weighted by atomic mass is 10.2. The van der Waals surface area contributed by atoms with E-state index in [2.05, 4.69) is 39.4 Å². The summed E-state index contributed by atoms with van der Waals surface area (Å²) in [5, 5.41) is 9.43. The lowest BCUT2D eigenvalue weighted by Gasteiger charge is -2.20. The minimum absolute atomic E-state index is 0.287. The Labute approximate surface area is 184 Å². The fourth-order valence-electron chi connectivity index (χ4n) is 4.08. The number of fused-ring (bicyclic) bond motifs is 2.